The summed E-state index contributed by atoms with van der Waals surface area (Å²) >= 11 is 0. The second-order valence-corrected chi connectivity index (χ2v) is 7.85. The molecule has 3 heteroatoms. The van der Waals surface area contributed by atoms with Crippen LogP contribution in [0.1, 0.15) is 28.4 Å². The Balaban J connectivity index is 1.51. The third-order valence-corrected chi connectivity index (χ3v) is 6.00. The fourth-order valence-corrected chi connectivity index (χ4v) is 4.35. The Kier molecular flexibility index (Phi) is 4.86. The highest BCUT2D eigenvalue weighted by molar-refractivity contribution is 5.81. The predicted molar refractivity (Wildman–Crippen MR) is 119 cm³/mol. The summed E-state index contributed by atoms with van der Waals surface area (Å²) in [6.07, 6.45) is 1.02. The standard InChI is InChI=1S/C27H23FN2/c1-29-24(18-22-7-3-5-9-26(22)29)19-30-17-16-21-6-2-4-8-25(21)27(30)15-12-20-10-13-23(28)14-11-20/h2-11,13-14,18,27H,16-17,19H2,1H3/t27-/m0/s1. The van der Waals surface area contributed by atoms with Crippen LogP contribution in [-0.4, -0.2) is 16.0 Å². The molecule has 0 unspecified atom stereocenters. The smallest absolute Gasteiger partial charge is 0.123 e. The normalized spacial score (nSPS) is 16.1. The zero-order valence-electron chi connectivity index (χ0n) is 17.0. The van der Waals surface area contributed by atoms with Gasteiger partial charge in [0.2, 0.25) is 0 Å². The second-order valence-electron chi connectivity index (χ2n) is 7.85. The van der Waals surface area contributed by atoms with Crippen LogP contribution in [0.3, 0.4) is 0 Å². The average Bonchev–Trinajstić information content (AvgIpc) is 3.09. The number of para-hydroxylation sites is 1. The van der Waals surface area contributed by atoms with Crippen LogP contribution in [0.4, 0.5) is 4.39 Å². The molecule has 4 aromatic rings. The zero-order valence-corrected chi connectivity index (χ0v) is 17.0. The number of benzene rings is 3. The van der Waals surface area contributed by atoms with Crippen molar-refractivity contribution >= 4 is 10.9 Å². The molecule has 5 rings (SSSR count). The topological polar surface area (TPSA) is 8.17 Å². The van der Waals surface area contributed by atoms with Crippen LogP contribution < -0.4 is 0 Å². The molecule has 0 radical (unpaired) electrons. The summed E-state index contributed by atoms with van der Waals surface area (Å²) in [4.78, 5) is 2.45. The summed E-state index contributed by atoms with van der Waals surface area (Å²) in [7, 11) is 2.13. The first kappa shape index (κ1) is 18.7. The summed E-state index contributed by atoms with van der Waals surface area (Å²) in [5, 5.41) is 1.27. The van der Waals surface area contributed by atoms with Crippen molar-refractivity contribution in [3.63, 3.8) is 0 Å². The Labute approximate surface area is 176 Å². The molecule has 0 amide bonds. The van der Waals surface area contributed by atoms with E-state index in [0.717, 1.165) is 25.1 Å². The van der Waals surface area contributed by atoms with Gasteiger partial charge in [0.15, 0.2) is 0 Å². The van der Waals surface area contributed by atoms with E-state index in [-0.39, 0.29) is 11.9 Å². The van der Waals surface area contributed by atoms with Crippen molar-refractivity contribution in [3.8, 4) is 11.8 Å². The second kappa shape index (κ2) is 7.82. The van der Waals surface area contributed by atoms with E-state index in [1.807, 2.05) is 0 Å². The van der Waals surface area contributed by atoms with E-state index in [4.69, 9.17) is 0 Å². The van der Waals surface area contributed by atoms with Crippen molar-refractivity contribution in [1.82, 2.24) is 9.47 Å². The van der Waals surface area contributed by atoms with Gasteiger partial charge in [-0.1, -0.05) is 54.3 Å². The maximum atomic E-state index is 13.3. The monoisotopic (exact) mass is 394 g/mol. The third kappa shape index (κ3) is 3.51. The van der Waals surface area contributed by atoms with Crippen LogP contribution in [0.5, 0.6) is 0 Å². The van der Waals surface area contributed by atoms with Gasteiger partial charge in [0, 0.05) is 36.9 Å². The lowest BCUT2D eigenvalue weighted by atomic mass is 9.92. The lowest BCUT2D eigenvalue weighted by molar-refractivity contribution is 0.212. The van der Waals surface area contributed by atoms with Crippen LogP contribution in [0, 0.1) is 17.7 Å². The maximum Gasteiger partial charge on any atom is 0.123 e. The highest BCUT2D eigenvalue weighted by Gasteiger charge is 2.26. The van der Waals surface area contributed by atoms with E-state index in [1.54, 1.807) is 12.1 Å². The lowest BCUT2D eigenvalue weighted by Gasteiger charge is -2.34. The van der Waals surface area contributed by atoms with Crippen molar-refractivity contribution in [2.75, 3.05) is 6.54 Å². The molecule has 0 spiro atoms. The van der Waals surface area contributed by atoms with Crippen LogP contribution in [0.25, 0.3) is 10.9 Å². The molecule has 1 atom stereocenters. The van der Waals surface area contributed by atoms with Gasteiger partial charge in [0.25, 0.3) is 0 Å². The molecule has 1 aliphatic rings. The molecule has 3 aromatic carbocycles. The van der Waals surface area contributed by atoms with Crippen LogP contribution in [0.2, 0.25) is 0 Å². The number of aromatic nitrogens is 1. The van der Waals surface area contributed by atoms with Gasteiger partial charge in [-0.3, -0.25) is 4.90 Å². The fraction of sp³-hybridized carbons (Fsp3) is 0.185. The molecule has 0 aliphatic carbocycles. The Morgan fingerprint density at radius 2 is 1.73 bits per heavy atom. The molecule has 1 aliphatic heterocycles. The molecule has 148 valence electrons. The van der Waals surface area contributed by atoms with E-state index in [9.17, 15) is 4.39 Å². The van der Waals surface area contributed by atoms with Gasteiger partial charge >= 0.3 is 0 Å². The van der Waals surface area contributed by atoms with Gasteiger partial charge in [-0.2, -0.15) is 0 Å². The van der Waals surface area contributed by atoms with E-state index in [2.05, 4.69) is 83.0 Å². The van der Waals surface area contributed by atoms with Crippen molar-refractivity contribution in [2.24, 2.45) is 7.05 Å². The maximum absolute atomic E-state index is 13.3. The van der Waals surface area contributed by atoms with Gasteiger partial charge in [0.1, 0.15) is 5.82 Å². The van der Waals surface area contributed by atoms with Gasteiger partial charge in [-0.25, -0.2) is 4.39 Å². The van der Waals surface area contributed by atoms with Crippen molar-refractivity contribution < 1.29 is 4.39 Å². The summed E-state index contributed by atoms with van der Waals surface area (Å²) in [6, 6.07) is 25.8. The Hall–Kier alpha value is -3.35. The Bertz CT molecular complexity index is 1260. The molecule has 0 bridgehead atoms. The Morgan fingerprint density at radius 3 is 2.57 bits per heavy atom. The third-order valence-electron chi connectivity index (χ3n) is 6.00. The van der Waals surface area contributed by atoms with E-state index >= 15 is 0 Å². The summed E-state index contributed by atoms with van der Waals surface area (Å²) in [6.45, 7) is 1.80. The lowest BCUT2D eigenvalue weighted by Crippen LogP contribution is -2.34. The molecular formula is C27H23FN2. The highest BCUT2D eigenvalue weighted by Crippen LogP contribution is 2.31. The Morgan fingerprint density at radius 1 is 0.967 bits per heavy atom. The van der Waals surface area contributed by atoms with Gasteiger partial charge in [-0.05, 0) is 59.3 Å². The molecule has 0 fully saturated rings. The number of rotatable bonds is 2. The quantitative estimate of drug-likeness (QED) is 0.409. The van der Waals surface area contributed by atoms with Crippen molar-refractivity contribution in [1.29, 1.82) is 0 Å². The number of fused-ring (bicyclic) bond motifs is 2. The summed E-state index contributed by atoms with van der Waals surface area (Å²) in [5.41, 5.74) is 6.01. The van der Waals surface area contributed by atoms with E-state index in [0.29, 0.717) is 0 Å². The van der Waals surface area contributed by atoms with Crippen LogP contribution >= 0.6 is 0 Å². The predicted octanol–water partition coefficient (Wildman–Crippen LogP) is 5.47. The van der Waals surface area contributed by atoms with Crippen molar-refractivity contribution in [2.45, 2.75) is 19.0 Å². The van der Waals surface area contributed by atoms with Crippen molar-refractivity contribution in [3.05, 3.63) is 107 Å². The van der Waals surface area contributed by atoms with Crippen LogP contribution in [-0.2, 0) is 20.0 Å². The molecule has 0 saturated heterocycles. The molecular weight excluding hydrogens is 371 g/mol. The van der Waals surface area contributed by atoms with Gasteiger partial charge in [-0.15, -0.1) is 0 Å². The minimum atomic E-state index is -0.235. The first-order valence-corrected chi connectivity index (χ1v) is 10.3. The zero-order chi connectivity index (χ0) is 20.5. The first-order valence-electron chi connectivity index (χ1n) is 10.3. The molecule has 30 heavy (non-hydrogen) atoms. The molecule has 0 N–H and O–H groups in total. The minimum Gasteiger partial charge on any atom is -0.346 e. The number of hydrogen-bond donors (Lipinski definition) is 0. The highest BCUT2D eigenvalue weighted by atomic mass is 19.1. The van der Waals surface area contributed by atoms with Gasteiger partial charge in [0.05, 0.1) is 6.04 Å². The first-order chi connectivity index (χ1) is 14.7. The number of hydrogen-bond acceptors (Lipinski definition) is 1. The van der Waals surface area contributed by atoms with E-state index < -0.39 is 0 Å². The number of nitrogens with zero attached hydrogens (tertiary/aromatic N) is 2. The average molecular weight is 394 g/mol. The largest absolute Gasteiger partial charge is 0.346 e. The molecule has 1 aromatic heterocycles. The summed E-state index contributed by atoms with van der Waals surface area (Å²) < 4.78 is 15.5. The van der Waals surface area contributed by atoms with Crippen LogP contribution in [0.15, 0.2) is 78.9 Å². The number of halogens is 1. The number of aryl methyl sites for hydroxylation is 1. The molecule has 2 nitrogen and oxygen atoms in total. The van der Waals surface area contributed by atoms with E-state index in [1.165, 1.54) is 39.9 Å². The van der Waals surface area contributed by atoms with Gasteiger partial charge < -0.3 is 4.57 Å². The SMILES string of the molecule is Cn1c(CN2CCc3ccccc3[C@@H]2C#Cc2ccc(F)cc2)cc2ccccc21. The summed E-state index contributed by atoms with van der Waals surface area (Å²) in [5.74, 6) is 6.52. The molecule has 0 saturated carbocycles. The fourth-order valence-electron chi connectivity index (χ4n) is 4.35. The molecule has 2 heterocycles. The minimum absolute atomic E-state index is 0.0121.